The number of hydrazine groups is 1. The number of ether oxygens (including phenoxy) is 1. The van der Waals surface area contributed by atoms with Crippen LogP contribution in [0.5, 0.6) is 0 Å². The lowest BCUT2D eigenvalue weighted by Gasteiger charge is -2.26. The Labute approximate surface area is 189 Å². The lowest BCUT2D eigenvalue weighted by atomic mass is 10.2. The number of sulfonamides is 1. The molecule has 4 rings (SSSR count). The molecule has 1 saturated heterocycles. The number of nitrogens with one attached hydrogen (secondary N) is 2. The number of nitrogens with zero attached hydrogens (tertiary/aromatic N) is 2. The second-order valence-corrected chi connectivity index (χ2v) is 9.82. The molecule has 2 heterocycles. The first-order chi connectivity index (χ1) is 15.4. The highest BCUT2D eigenvalue weighted by molar-refractivity contribution is 7.89. The van der Waals surface area contributed by atoms with Gasteiger partial charge in [-0.15, -0.1) is 11.3 Å². The van der Waals surface area contributed by atoms with E-state index in [1.165, 1.54) is 46.1 Å². The third-order valence-corrected chi connectivity index (χ3v) is 7.68. The van der Waals surface area contributed by atoms with Crippen LogP contribution in [0.1, 0.15) is 20.0 Å². The zero-order valence-electron chi connectivity index (χ0n) is 16.9. The molecule has 2 aromatic carbocycles. The van der Waals surface area contributed by atoms with Crippen molar-refractivity contribution in [3.8, 4) is 10.6 Å². The summed E-state index contributed by atoms with van der Waals surface area (Å²) in [4.78, 5) is 29.5. The first-order valence-electron chi connectivity index (χ1n) is 9.75. The summed E-state index contributed by atoms with van der Waals surface area (Å²) >= 11 is 1.19. The number of hydrogen-bond acceptors (Lipinski definition) is 7. The van der Waals surface area contributed by atoms with Gasteiger partial charge in [-0.3, -0.25) is 20.4 Å². The van der Waals surface area contributed by atoms with Crippen molar-refractivity contribution in [3.05, 3.63) is 71.2 Å². The molecule has 9 nitrogen and oxygen atoms in total. The minimum atomic E-state index is -3.74. The van der Waals surface area contributed by atoms with Crippen molar-refractivity contribution in [1.82, 2.24) is 20.1 Å². The molecule has 0 atom stereocenters. The van der Waals surface area contributed by atoms with Gasteiger partial charge >= 0.3 is 0 Å². The van der Waals surface area contributed by atoms with Crippen molar-refractivity contribution in [2.45, 2.75) is 4.90 Å². The van der Waals surface area contributed by atoms with Gasteiger partial charge in [0.05, 0.1) is 24.3 Å². The largest absolute Gasteiger partial charge is 0.379 e. The molecule has 11 heteroatoms. The van der Waals surface area contributed by atoms with E-state index in [4.69, 9.17) is 4.74 Å². The summed E-state index contributed by atoms with van der Waals surface area (Å²) < 4.78 is 32.1. The molecule has 32 heavy (non-hydrogen) atoms. The third-order valence-electron chi connectivity index (χ3n) is 4.74. The Hall–Kier alpha value is -3.12. The highest BCUT2D eigenvalue weighted by Gasteiger charge is 2.27. The zero-order chi connectivity index (χ0) is 22.6. The van der Waals surface area contributed by atoms with Gasteiger partial charge in [0, 0.05) is 24.2 Å². The molecule has 0 unspecified atom stereocenters. The predicted octanol–water partition coefficient (Wildman–Crippen LogP) is 1.91. The van der Waals surface area contributed by atoms with Gasteiger partial charge in [-0.05, 0) is 18.2 Å². The van der Waals surface area contributed by atoms with E-state index in [0.717, 1.165) is 5.56 Å². The molecule has 0 bridgehead atoms. The summed E-state index contributed by atoms with van der Waals surface area (Å²) in [5.74, 6) is -1.15. The molecule has 0 aliphatic carbocycles. The smallest absolute Gasteiger partial charge is 0.281 e. The summed E-state index contributed by atoms with van der Waals surface area (Å²) in [7, 11) is -3.74. The van der Waals surface area contributed by atoms with Crippen LogP contribution >= 0.6 is 11.3 Å². The van der Waals surface area contributed by atoms with Crippen LogP contribution in [0.15, 0.2) is 65.7 Å². The van der Waals surface area contributed by atoms with E-state index in [2.05, 4.69) is 15.8 Å². The maximum Gasteiger partial charge on any atom is 0.281 e. The molecule has 1 aliphatic rings. The Morgan fingerprint density at radius 3 is 2.44 bits per heavy atom. The molecule has 1 aromatic heterocycles. The van der Waals surface area contributed by atoms with Gasteiger partial charge in [0.15, 0.2) is 0 Å². The van der Waals surface area contributed by atoms with E-state index in [1.807, 2.05) is 30.3 Å². The van der Waals surface area contributed by atoms with E-state index < -0.39 is 21.8 Å². The summed E-state index contributed by atoms with van der Waals surface area (Å²) in [6, 6.07) is 15.1. The molecular weight excluding hydrogens is 452 g/mol. The fourth-order valence-corrected chi connectivity index (χ4v) is 5.35. The Bertz CT molecular complexity index is 1220. The number of aromatic nitrogens is 1. The van der Waals surface area contributed by atoms with Crippen molar-refractivity contribution < 1.29 is 22.7 Å². The van der Waals surface area contributed by atoms with Gasteiger partial charge in [0.25, 0.3) is 11.8 Å². The molecule has 0 saturated carbocycles. The average Bonchev–Trinajstić information content (AvgIpc) is 3.34. The second-order valence-electron chi connectivity index (χ2n) is 6.85. The molecule has 2 amide bonds. The SMILES string of the molecule is O=C(NNC(=O)c1cnc(-c2ccccc2)s1)c1cccc(S(=O)(=O)N2CCOCC2)c1. The third kappa shape index (κ3) is 4.86. The molecule has 2 N–H and O–H groups in total. The van der Waals surface area contributed by atoms with Crippen molar-refractivity contribution in [2.24, 2.45) is 0 Å². The fraction of sp³-hybridized carbons (Fsp3) is 0.190. The summed E-state index contributed by atoms with van der Waals surface area (Å²) in [6.45, 7) is 1.17. The van der Waals surface area contributed by atoms with Gasteiger partial charge in [-0.25, -0.2) is 13.4 Å². The highest BCUT2D eigenvalue weighted by Crippen LogP contribution is 2.24. The number of amides is 2. The number of thiazole rings is 1. The minimum absolute atomic E-state index is 0.00772. The van der Waals surface area contributed by atoms with Gasteiger partial charge in [0.1, 0.15) is 9.88 Å². The van der Waals surface area contributed by atoms with Crippen molar-refractivity contribution in [1.29, 1.82) is 0 Å². The van der Waals surface area contributed by atoms with Crippen LogP contribution in [0.2, 0.25) is 0 Å². The van der Waals surface area contributed by atoms with E-state index in [9.17, 15) is 18.0 Å². The van der Waals surface area contributed by atoms with Crippen molar-refractivity contribution in [3.63, 3.8) is 0 Å². The quantitative estimate of drug-likeness (QED) is 0.548. The van der Waals surface area contributed by atoms with Gasteiger partial charge < -0.3 is 4.74 Å². The monoisotopic (exact) mass is 472 g/mol. The molecule has 0 radical (unpaired) electrons. The van der Waals surface area contributed by atoms with Crippen LogP contribution in [0.3, 0.4) is 0 Å². The summed E-state index contributed by atoms with van der Waals surface area (Å²) in [5, 5.41) is 0.683. The molecule has 0 spiro atoms. The number of carbonyl (C=O) groups excluding carboxylic acids is 2. The molecule has 1 fully saturated rings. The van der Waals surface area contributed by atoms with E-state index in [1.54, 1.807) is 0 Å². The number of hydrogen-bond donors (Lipinski definition) is 2. The normalized spacial score (nSPS) is 14.6. The van der Waals surface area contributed by atoms with Crippen LogP contribution in [0, 0.1) is 0 Å². The molecule has 166 valence electrons. The van der Waals surface area contributed by atoms with Crippen LogP contribution < -0.4 is 10.9 Å². The van der Waals surface area contributed by atoms with E-state index >= 15 is 0 Å². The van der Waals surface area contributed by atoms with Crippen LogP contribution in [0.25, 0.3) is 10.6 Å². The van der Waals surface area contributed by atoms with Crippen LogP contribution in [-0.4, -0.2) is 55.8 Å². The number of benzene rings is 2. The Kier molecular flexibility index (Phi) is 6.61. The van der Waals surface area contributed by atoms with E-state index in [-0.39, 0.29) is 23.5 Å². The van der Waals surface area contributed by atoms with Crippen molar-refractivity contribution in [2.75, 3.05) is 26.3 Å². The molecule has 1 aliphatic heterocycles. The van der Waals surface area contributed by atoms with Crippen LogP contribution in [-0.2, 0) is 14.8 Å². The Morgan fingerprint density at radius 1 is 0.969 bits per heavy atom. The standard InChI is InChI=1S/C21H20N4O5S2/c26-19(16-7-4-8-17(13-16)32(28,29)25-9-11-30-12-10-25)23-24-20(27)18-14-22-21(31-18)15-5-2-1-3-6-15/h1-8,13-14H,9-12H2,(H,23,26)(H,24,27). The first kappa shape index (κ1) is 22.1. The van der Waals surface area contributed by atoms with Crippen molar-refractivity contribution >= 4 is 33.2 Å². The van der Waals surface area contributed by atoms with Crippen LogP contribution in [0.4, 0.5) is 0 Å². The summed E-state index contributed by atoms with van der Waals surface area (Å²) in [6.07, 6.45) is 1.43. The topological polar surface area (TPSA) is 118 Å². The molecular formula is C21H20N4O5S2. The second kappa shape index (κ2) is 9.57. The molecule has 3 aromatic rings. The predicted molar refractivity (Wildman–Crippen MR) is 119 cm³/mol. The van der Waals surface area contributed by atoms with Gasteiger partial charge in [0.2, 0.25) is 10.0 Å². The van der Waals surface area contributed by atoms with Gasteiger partial charge in [-0.1, -0.05) is 36.4 Å². The lowest BCUT2D eigenvalue weighted by Crippen LogP contribution is -2.42. The Morgan fingerprint density at radius 2 is 1.69 bits per heavy atom. The lowest BCUT2D eigenvalue weighted by molar-refractivity contribution is 0.0730. The number of morpholine rings is 1. The zero-order valence-corrected chi connectivity index (χ0v) is 18.5. The van der Waals surface area contributed by atoms with Gasteiger partial charge in [-0.2, -0.15) is 4.31 Å². The first-order valence-corrected chi connectivity index (χ1v) is 12.0. The Balaban J connectivity index is 1.41. The van der Waals surface area contributed by atoms with E-state index in [0.29, 0.717) is 23.1 Å². The summed E-state index contributed by atoms with van der Waals surface area (Å²) in [5.41, 5.74) is 5.65. The minimum Gasteiger partial charge on any atom is -0.379 e. The maximum absolute atomic E-state index is 12.8. The number of rotatable bonds is 5. The fourth-order valence-electron chi connectivity index (χ4n) is 3.07. The average molecular weight is 473 g/mol. The maximum atomic E-state index is 12.8. The highest BCUT2D eigenvalue weighted by atomic mass is 32.2. The number of carbonyl (C=O) groups is 2.